The Hall–Kier alpha value is -2.38. The Labute approximate surface area is 146 Å². The minimum Gasteiger partial charge on any atom is -0.393 e. The van der Waals surface area contributed by atoms with Crippen molar-refractivity contribution in [2.75, 3.05) is 16.4 Å². The number of nitrogen functional groups attached to an aromatic ring is 1. The molecule has 3 aromatic rings. The Morgan fingerprint density at radius 2 is 1.65 bits per heavy atom. The molecule has 4 N–H and O–H groups in total. The molecule has 0 aliphatic rings. The number of halogens is 2. The number of aromatic nitrogens is 3. The first kappa shape index (κ1) is 15.5. The van der Waals surface area contributed by atoms with Crippen molar-refractivity contribution in [3.05, 3.63) is 58.5 Å². The van der Waals surface area contributed by atoms with Gasteiger partial charge in [-0.3, -0.25) is 0 Å². The van der Waals surface area contributed by atoms with Crippen molar-refractivity contribution in [3.8, 4) is 0 Å². The Balaban J connectivity index is 1.86. The quantitative estimate of drug-likeness (QED) is 0.573. The molecular weight excluding hydrogens is 380 g/mol. The highest BCUT2D eigenvalue weighted by molar-refractivity contribution is 9.10. The Morgan fingerprint density at radius 3 is 2.35 bits per heavy atom. The predicted molar refractivity (Wildman–Crippen MR) is 96.4 cm³/mol. The molecule has 0 radical (unpaired) electrons. The second-order valence-electron chi connectivity index (χ2n) is 4.58. The molecule has 0 aliphatic heterocycles. The van der Waals surface area contributed by atoms with Crippen LogP contribution in [0, 0.1) is 0 Å². The van der Waals surface area contributed by atoms with Crippen molar-refractivity contribution in [2.24, 2.45) is 0 Å². The Kier molecular flexibility index (Phi) is 4.59. The predicted octanol–water partition coefficient (Wildman–Crippen LogP) is 4.36. The monoisotopic (exact) mass is 390 g/mol. The van der Waals surface area contributed by atoms with Crippen molar-refractivity contribution < 1.29 is 0 Å². The first-order valence-electron chi connectivity index (χ1n) is 6.64. The van der Waals surface area contributed by atoms with E-state index in [0.29, 0.717) is 28.2 Å². The molecule has 2 aromatic heterocycles. The molecule has 0 aliphatic carbocycles. The minimum absolute atomic E-state index is 0.341. The molecule has 8 heteroatoms. The summed E-state index contributed by atoms with van der Waals surface area (Å²) >= 11 is 9.43. The lowest BCUT2D eigenvalue weighted by Gasteiger charge is -2.13. The van der Waals surface area contributed by atoms with Crippen molar-refractivity contribution in [1.82, 2.24) is 15.0 Å². The van der Waals surface area contributed by atoms with E-state index in [9.17, 15) is 0 Å². The fourth-order valence-electron chi connectivity index (χ4n) is 1.87. The fraction of sp³-hybridized carbons (Fsp3) is 0. The zero-order valence-electron chi connectivity index (χ0n) is 11.8. The first-order valence-corrected chi connectivity index (χ1v) is 7.81. The molecule has 0 fully saturated rings. The van der Waals surface area contributed by atoms with E-state index in [1.54, 1.807) is 18.3 Å². The third-order valence-corrected chi connectivity index (χ3v) is 3.83. The van der Waals surface area contributed by atoms with Crippen LogP contribution in [0.2, 0.25) is 5.15 Å². The van der Waals surface area contributed by atoms with E-state index in [4.69, 9.17) is 17.3 Å². The second kappa shape index (κ2) is 6.80. The lowest BCUT2D eigenvalue weighted by Crippen LogP contribution is -2.05. The van der Waals surface area contributed by atoms with Gasteiger partial charge in [0.1, 0.15) is 12.0 Å². The fourth-order valence-corrected chi connectivity index (χ4v) is 2.30. The van der Waals surface area contributed by atoms with Crippen LogP contribution in [0.4, 0.5) is 28.7 Å². The van der Waals surface area contributed by atoms with Gasteiger partial charge in [-0.05, 0) is 36.4 Å². The van der Waals surface area contributed by atoms with Crippen LogP contribution >= 0.6 is 27.5 Å². The van der Waals surface area contributed by atoms with Crippen molar-refractivity contribution in [3.63, 3.8) is 0 Å². The molecule has 0 spiro atoms. The molecule has 0 amide bonds. The van der Waals surface area contributed by atoms with Crippen LogP contribution in [0.15, 0.2) is 53.4 Å². The van der Waals surface area contributed by atoms with E-state index in [2.05, 4.69) is 41.5 Å². The summed E-state index contributed by atoms with van der Waals surface area (Å²) in [7, 11) is 0. The SMILES string of the molecule is Nc1c(Nc2ccc(Br)cc2)ncnc1Nc1cccnc1Cl. The third kappa shape index (κ3) is 3.69. The zero-order valence-corrected chi connectivity index (χ0v) is 14.1. The number of hydrogen-bond donors (Lipinski definition) is 3. The van der Waals surface area contributed by atoms with Gasteiger partial charge in [-0.1, -0.05) is 27.5 Å². The van der Waals surface area contributed by atoms with E-state index in [-0.39, 0.29) is 0 Å². The molecule has 116 valence electrons. The summed E-state index contributed by atoms with van der Waals surface area (Å²) in [5.41, 5.74) is 8.01. The van der Waals surface area contributed by atoms with E-state index in [1.807, 2.05) is 24.3 Å². The number of hydrogen-bond acceptors (Lipinski definition) is 6. The summed E-state index contributed by atoms with van der Waals surface area (Å²) in [6.45, 7) is 0. The van der Waals surface area contributed by atoms with E-state index in [0.717, 1.165) is 10.2 Å². The van der Waals surface area contributed by atoms with Gasteiger partial charge in [0.05, 0.1) is 5.69 Å². The van der Waals surface area contributed by atoms with Gasteiger partial charge in [0.15, 0.2) is 16.8 Å². The molecule has 1 aromatic carbocycles. The number of pyridine rings is 1. The van der Waals surface area contributed by atoms with Crippen LogP contribution in [-0.2, 0) is 0 Å². The average Bonchev–Trinajstić information content (AvgIpc) is 2.55. The van der Waals surface area contributed by atoms with E-state index >= 15 is 0 Å². The summed E-state index contributed by atoms with van der Waals surface area (Å²) in [6.07, 6.45) is 3.03. The van der Waals surface area contributed by atoms with Crippen molar-refractivity contribution >= 4 is 56.2 Å². The van der Waals surface area contributed by atoms with Gasteiger partial charge < -0.3 is 16.4 Å². The molecule has 0 bridgehead atoms. The van der Waals surface area contributed by atoms with Gasteiger partial charge >= 0.3 is 0 Å². The zero-order chi connectivity index (χ0) is 16.2. The minimum atomic E-state index is 0.341. The third-order valence-electron chi connectivity index (χ3n) is 3.00. The molecule has 6 nitrogen and oxygen atoms in total. The number of nitrogens with two attached hydrogens (primary N) is 1. The van der Waals surface area contributed by atoms with Gasteiger partial charge in [0, 0.05) is 16.4 Å². The number of nitrogens with one attached hydrogen (secondary N) is 2. The highest BCUT2D eigenvalue weighted by atomic mass is 79.9. The standard InChI is InChI=1S/C15H12BrClN6/c16-9-3-5-10(6-4-9)22-14-12(18)15(21-8-20-14)23-11-2-1-7-19-13(11)17/h1-8H,18H2,(H2,20,21,22,23). The molecule has 3 rings (SSSR count). The van der Waals surface area contributed by atoms with Crippen LogP contribution in [0.3, 0.4) is 0 Å². The summed E-state index contributed by atoms with van der Waals surface area (Å²) in [6, 6.07) is 11.2. The Morgan fingerprint density at radius 1 is 0.957 bits per heavy atom. The van der Waals surface area contributed by atoms with Crippen LogP contribution in [0.5, 0.6) is 0 Å². The largest absolute Gasteiger partial charge is 0.393 e. The van der Waals surface area contributed by atoms with Gasteiger partial charge in [-0.2, -0.15) is 0 Å². The normalized spacial score (nSPS) is 10.3. The summed E-state index contributed by atoms with van der Waals surface area (Å²) in [5, 5.41) is 6.55. The summed E-state index contributed by atoms with van der Waals surface area (Å²) < 4.78 is 0.993. The lowest BCUT2D eigenvalue weighted by atomic mass is 10.3. The van der Waals surface area contributed by atoms with Crippen LogP contribution in [0.1, 0.15) is 0 Å². The van der Waals surface area contributed by atoms with Gasteiger partial charge in [0.2, 0.25) is 0 Å². The van der Waals surface area contributed by atoms with Crippen molar-refractivity contribution in [1.29, 1.82) is 0 Å². The van der Waals surface area contributed by atoms with Crippen LogP contribution < -0.4 is 16.4 Å². The number of rotatable bonds is 4. The molecule has 0 saturated heterocycles. The molecule has 2 heterocycles. The number of nitrogens with zero attached hydrogens (tertiary/aromatic N) is 3. The van der Waals surface area contributed by atoms with E-state index in [1.165, 1.54) is 6.33 Å². The van der Waals surface area contributed by atoms with E-state index < -0.39 is 0 Å². The summed E-state index contributed by atoms with van der Waals surface area (Å²) in [4.78, 5) is 12.3. The molecule has 0 saturated carbocycles. The smallest absolute Gasteiger partial charge is 0.159 e. The second-order valence-corrected chi connectivity index (χ2v) is 5.86. The Bertz CT molecular complexity index is 824. The van der Waals surface area contributed by atoms with Crippen molar-refractivity contribution in [2.45, 2.75) is 0 Å². The van der Waals surface area contributed by atoms with Crippen LogP contribution in [0.25, 0.3) is 0 Å². The van der Waals surface area contributed by atoms with Crippen LogP contribution in [-0.4, -0.2) is 15.0 Å². The average molecular weight is 392 g/mol. The van der Waals surface area contributed by atoms with Gasteiger partial charge in [-0.15, -0.1) is 0 Å². The maximum absolute atomic E-state index is 6.14. The maximum atomic E-state index is 6.14. The lowest BCUT2D eigenvalue weighted by molar-refractivity contribution is 1.17. The van der Waals surface area contributed by atoms with Gasteiger partial charge in [-0.25, -0.2) is 15.0 Å². The number of benzene rings is 1. The maximum Gasteiger partial charge on any atom is 0.159 e. The molecule has 0 atom stereocenters. The highest BCUT2D eigenvalue weighted by Gasteiger charge is 2.10. The topological polar surface area (TPSA) is 88.8 Å². The van der Waals surface area contributed by atoms with Gasteiger partial charge in [0.25, 0.3) is 0 Å². The molecule has 0 unspecified atom stereocenters. The highest BCUT2D eigenvalue weighted by Crippen LogP contribution is 2.30. The number of anilines is 5. The summed E-state index contributed by atoms with van der Waals surface area (Å²) in [5.74, 6) is 0.958. The molecular formula is C15H12BrClN6. The first-order chi connectivity index (χ1) is 11.1. The molecule has 23 heavy (non-hydrogen) atoms.